The molecule has 3 aliphatic rings. The molecule has 6 heteroatoms. The van der Waals surface area contributed by atoms with Crippen LogP contribution in [0.3, 0.4) is 0 Å². The van der Waals surface area contributed by atoms with Gasteiger partial charge in [-0.1, -0.05) is 48.0 Å². The molecule has 29 heavy (non-hydrogen) atoms. The molecule has 3 atom stereocenters. The molecule has 0 aliphatic carbocycles. The van der Waals surface area contributed by atoms with E-state index in [0.29, 0.717) is 12.2 Å². The number of likely N-dealkylation sites (tertiary alicyclic amines) is 2. The number of para-hydroxylation sites is 1. The van der Waals surface area contributed by atoms with Crippen LogP contribution in [-0.4, -0.2) is 48.2 Å². The highest BCUT2D eigenvalue weighted by Gasteiger charge is 2.76. The molecule has 2 aromatic rings. The Morgan fingerprint density at radius 2 is 1.69 bits per heavy atom. The number of hydrogen-bond donors (Lipinski definition) is 1. The van der Waals surface area contributed by atoms with Crippen molar-refractivity contribution in [1.82, 2.24) is 9.80 Å². The van der Waals surface area contributed by atoms with Gasteiger partial charge < -0.3 is 5.32 Å². The molecule has 2 saturated heterocycles. The number of nitrogens with one attached hydrogen (secondary N) is 1. The van der Waals surface area contributed by atoms with Gasteiger partial charge in [-0.25, -0.2) is 0 Å². The number of benzene rings is 2. The van der Waals surface area contributed by atoms with Crippen LogP contribution < -0.4 is 5.32 Å². The van der Waals surface area contributed by atoms with Gasteiger partial charge in [-0.3, -0.25) is 24.2 Å². The SMILES string of the molecule is Cc1ccc([C@H]2CN(C)[C@@]3(C(=O)Nc4ccccc43)[C@@]23CC(=O)N(C)C3=O)cc1. The van der Waals surface area contributed by atoms with Crippen molar-refractivity contribution in [2.24, 2.45) is 5.41 Å². The van der Waals surface area contributed by atoms with E-state index in [1.807, 2.05) is 67.4 Å². The van der Waals surface area contributed by atoms with E-state index < -0.39 is 11.0 Å². The molecule has 2 spiro atoms. The second-order valence-corrected chi connectivity index (χ2v) is 8.46. The Kier molecular flexibility index (Phi) is 3.59. The van der Waals surface area contributed by atoms with Crippen molar-refractivity contribution < 1.29 is 14.4 Å². The number of anilines is 1. The zero-order valence-electron chi connectivity index (χ0n) is 16.7. The minimum absolute atomic E-state index is 0.0208. The van der Waals surface area contributed by atoms with Crippen LogP contribution in [0, 0.1) is 12.3 Å². The van der Waals surface area contributed by atoms with Gasteiger partial charge >= 0.3 is 0 Å². The highest BCUT2D eigenvalue weighted by Crippen LogP contribution is 2.65. The minimum atomic E-state index is -1.21. The highest BCUT2D eigenvalue weighted by atomic mass is 16.2. The predicted molar refractivity (Wildman–Crippen MR) is 108 cm³/mol. The summed E-state index contributed by atoms with van der Waals surface area (Å²) in [6.45, 7) is 2.53. The van der Waals surface area contributed by atoms with E-state index in [-0.39, 0.29) is 30.1 Å². The molecule has 3 heterocycles. The summed E-state index contributed by atoms with van der Waals surface area (Å²) in [6.07, 6.45) is 0.0208. The van der Waals surface area contributed by atoms with Crippen molar-refractivity contribution in [2.75, 3.05) is 26.0 Å². The molecule has 0 radical (unpaired) electrons. The Morgan fingerprint density at radius 1 is 1.00 bits per heavy atom. The third-order valence-corrected chi connectivity index (χ3v) is 7.13. The molecule has 148 valence electrons. The van der Waals surface area contributed by atoms with Crippen molar-refractivity contribution in [1.29, 1.82) is 0 Å². The molecule has 0 saturated carbocycles. The lowest BCUT2D eigenvalue weighted by molar-refractivity contribution is -0.148. The Labute approximate surface area is 169 Å². The highest BCUT2D eigenvalue weighted by molar-refractivity contribution is 6.16. The Morgan fingerprint density at radius 3 is 2.34 bits per heavy atom. The molecular formula is C23H23N3O3. The summed E-state index contributed by atoms with van der Waals surface area (Å²) in [7, 11) is 3.41. The molecule has 1 N–H and O–H groups in total. The van der Waals surface area contributed by atoms with Crippen LogP contribution in [0.2, 0.25) is 0 Å². The van der Waals surface area contributed by atoms with Gasteiger partial charge in [-0.15, -0.1) is 0 Å². The Hall–Kier alpha value is -2.99. The lowest BCUT2D eigenvalue weighted by Crippen LogP contribution is -2.58. The van der Waals surface area contributed by atoms with E-state index in [1.54, 1.807) is 0 Å². The quantitative estimate of drug-likeness (QED) is 0.760. The smallest absolute Gasteiger partial charge is 0.250 e. The van der Waals surface area contributed by atoms with Crippen LogP contribution in [-0.2, 0) is 19.9 Å². The maximum Gasteiger partial charge on any atom is 0.250 e. The minimum Gasteiger partial charge on any atom is -0.324 e. The van der Waals surface area contributed by atoms with Crippen LogP contribution in [0.15, 0.2) is 48.5 Å². The van der Waals surface area contributed by atoms with Crippen molar-refractivity contribution in [3.8, 4) is 0 Å². The van der Waals surface area contributed by atoms with E-state index in [0.717, 1.165) is 16.7 Å². The normalized spacial score (nSPS) is 31.2. The fourth-order valence-corrected chi connectivity index (χ4v) is 5.81. The zero-order chi connectivity index (χ0) is 20.6. The molecule has 5 rings (SSSR count). The van der Waals surface area contributed by atoms with Crippen LogP contribution in [0.4, 0.5) is 5.69 Å². The second kappa shape index (κ2) is 5.76. The monoisotopic (exact) mass is 389 g/mol. The molecule has 3 aliphatic heterocycles. The lowest BCUT2D eigenvalue weighted by Gasteiger charge is -2.42. The fraction of sp³-hybridized carbons (Fsp3) is 0.348. The average molecular weight is 389 g/mol. The molecule has 3 amide bonds. The summed E-state index contributed by atoms with van der Waals surface area (Å²) in [5.41, 5.74) is 1.20. The number of carbonyl (C=O) groups is 3. The van der Waals surface area contributed by atoms with Crippen LogP contribution in [0.25, 0.3) is 0 Å². The van der Waals surface area contributed by atoms with Gasteiger partial charge in [0.15, 0.2) is 0 Å². The van der Waals surface area contributed by atoms with E-state index in [2.05, 4.69) is 5.32 Å². The largest absolute Gasteiger partial charge is 0.324 e. The summed E-state index contributed by atoms with van der Waals surface area (Å²) in [5.74, 6) is -1.01. The topological polar surface area (TPSA) is 69.7 Å². The Bertz CT molecular complexity index is 1060. The molecule has 2 fully saturated rings. The summed E-state index contributed by atoms with van der Waals surface area (Å²) in [4.78, 5) is 43.3. The number of rotatable bonds is 1. The standard InChI is InChI=1S/C23H23N3O3/c1-14-8-10-15(11-9-14)17-13-25(2)23(22(17)12-19(27)26(3)21(22)29)16-6-4-5-7-18(16)24-20(23)28/h4-11,17H,12-13H2,1-3H3,(H,24,28)/t17-,22+,23+/m1/s1. The van der Waals surface area contributed by atoms with Crippen LogP contribution in [0.1, 0.15) is 29.0 Å². The number of aryl methyl sites for hydroxylation is 1. The van der Waals surface area contributed by atoms with Gasteiger partial charge in [0.25, 0.3) is 5.91 Å². The number of imide groups is 1. The number of fused-ring (bicyclic) bond motifs is 3. The van der Waals surface area contributed by atoms with Gasteiger partial charge in [0.1, 0.15) is 5.54 Å². The number of hydrogen-bond acceptors (Lipinski definition) is 4. The van der Waals surface area contributed by atoms with Crippen molar-refractivity contribution >= 4 is 23.4 Å². The average Bonchev–Trinajstić information content (AvgIpc) is 3.24. The van der Waals surface area contributed by atoms with Gasteiger partial charge in [-0.2, -0.15) is 0 Å². The van der Waals surface area contributed by atoms with Gasteiger partial charge in [-0.05, 0) is 25.6 Å². The van der Waals surface area contributed by atoms with Gasteiger partial charge in [0.2, 0.25) is 11.8 Å². The van der Waals surface area contributed by atoms with E-state index in [1.165, 1.54) is 11.9 Å². The third-order valence-electron chi connectivity index (χ3n) is 7.13. The number of carbonyl (C=O) groups excluding carboxylic acids is 3. The maximum absolute atomic E-state index is 13.8. The van der Waals surface area contributed by atoms with Crippen molar-refractivity contribution in [3.05, 3.63) is 65.2 Å². The Balaban J connectivity index is 1.82. The fourth-order valence-electron chi connectivity index (χ4n) is 5.81. The van der Waals surface area contributed by atoms with E-state index in [9.17, 15) is 14.4 Å². The summed E-state index contributed by atoms with van der Waals surface area (Å²) >= 11 is 0. The molecule has 6 nitrogen and oxygen atoms in total. The lowest BCUT2D eigenvalue weighted by atomic mass is 9.60. The third kappa shape index (κ3) is 1.97. The molecule has 0 bridgehead atoms. The summed E-state index contributed by atoms with van der Waals surface area (Å²) in [6, 6.07) is 15.6. The van der Waals surface area contributed by atoms with Gasteiger partial charge in [0.05, 0.1) is 5.41 Å². The summed E-state index contributed by atoms with van der Waals surface area (Å²) in [5, 5.41) is 2.98. The predicted octanol–water partition coefficient (Wildman–Crippen LogP) is 2.25. The summed E-state index contributed by atoms with van der Waals surface area (Å²) < 4.78 is 0. The second-order valence-electron chi connectivity index (χ2n) is 8.46. The molecule has 2 aromatic carbocycles. The molecule has 0 unspecified atom stereocenters. The van der Waals surface area contributed by atoms with Gasteiger partial charge in [0, 0.05) is 37.2 Å². The van der Waals surface area contributed by atoms with Crippen LogP contribution in [0.5, 0.6) is 0 Å². The number of likely N-dealkylation sites (N-methyl/N-ethyl adjacent to an activating group) is 1. The zero-order valence-corrected chi connectivity index (χ0v) is 16.7. The first-order chi connectivity index (χ1) is 13.8. The van der Waals surface area contributed by atoms with Crippen molar-refractivity contribution in [2.45, 2.75) is 24.8 Å². The first-order valence-electron chi connectivity index (χ1n) is 9.84. The van der Waals surface area contributed by atoms with Crippen LogP contribution >= 0.6 is 0 Å². The molecule has 0 aromatic heterocycles. The van der Waals surface area contributed by atoms with E-state index in [4.69, 9.17) is 0 Å². The number of nitrogens with zero attached hydrogens (tertiary/aromatic N) is 2. The van der Waals surface area contributed by atoms with Crippen molar-refractivity contribution in [3.63, 3.8) is 0 Å². The number of amides is 3. The van der Waals surface area contributed by atoms with E-state index >= 15 is 0 Å². The first kappa shape index (κ1) is 18.1. The molecular weight excluding hydrogens is 366 g/mol. The first-order valence-corrected chi connectivity index (χ1v) is 9.84. The maximum atomic E-state index is 13.8.